The fourth-order valence-corrected chi connectivity index (χ4v) is 3.35. The summed E-state index contributed by atoms with van der Waals surface area (Å²) in [4.78, 5) is 36.9. The lowest BCUT2D eigenvalue weighted by atomic mass is 10.1. The number of primary amides is 1. The van der Waals surface area contributed by atoms with Crippen molar-refractivity contribution >= 4 is 33.8 Å². The van der Waals surface area contributed by atoms with Crippen LogP contribution in [0.4, 0.5) is 16.4 Å². The number of hydrogen-bond donors (Lipinski definition) is 2. The van der Waals surface area contributed by atoms with E-state index in [-0.39, 0.29) is 23.0 Å². The van der Waals surface area contributed by atoms with Gasteiger partial charge in [-0.15, -0.1) is 0 Å². The molecule has 0 spiro atoms. The summed E-state index contributed by atoms with van der Waals surface area (Å²) in [7, 11) is 0.502. The van der Waals surface area contributed by atoms with E-state index in [1.54, 1.807) is 4.72 Å². The Balaban J connectivity index is 2.81. The number of ether oxygens (including phenoxy) is 2. The molecule has 0 aliphatic carbocycles. The number of para-hydroxylation sites is 1. The van der Waals surface area contributed by atoms with Crippen molar-refractivity contribution < 1.29 is 32.3 Å². The molecule has 0 radical (unpaired) electrons. The SMILES string of the molecule is COc1cc(OC)nc(N(c2ccccc2C(=O)N(C)OC)S(=O)(=O)NC(N)=O)n1. The highest BCUT2D eigenvalue weighted by molar-refractivity contribution is 7.91. The second kappa shape index (κ2) is 9.23. The van der Waals surface area contributed by atoms with Gasteiger partial charge in [-0.1, -0.05) is 12.1 Å². The molecule has 3 amide bonds. The number of aromatic nitrogens is 2. The molecule has 1 heterocycles. The van der Waals surface area contributed by atoms with Gasteiger partial charge in [0.2, 0.25) is 11.8 Å². The van der Waals surface area contributed by atoms with Crippen molar-refractivity contribution in [1.29, 1.82) is 0 Å². The minimum Gasteiger partial charge on any atom is -0.481 e. The Bertz CT molecular complexity index is 1020. The maximum absolute atomic E-state index is 13.0. The molecule has 14 heteroatoms. The Labute approximate surface area is 172 Å². The highest BCUT2D eigenvalue weighted by atomic mass is 32.2. The number of amides is 3. The number of benzene rings is 1. The van der Waals surface area contributed by atoms with Crippen LogP contribution in [-0.2, 0) is 15.0 Å². The first-order valence-electron chi connectivity index (χ1n) is 8.15. The molecule has 0 atom stereocenters. The van der Waals surface area contributed by atoms with E-state index in [9.17, 15) is 18.0 Å². The van der Waals surface area contributed by atoms with Gasteiger partial charge in [0.05, 0.1) is 38.6 Å². The van der Waals surface area contributed by atoms with Crippen LogP contribution in [0.2, 0.25) is 0 Å². The van der Waals surface area contributed by atoms with E-state index in [4.69, 9.17) is 20.0 Å². The molecule has 0 saturated heterocycles. The number of carbonyl (C=O) groups is 2. The van der Waals surface area contributed by atoms with Gasteiger partial charge < -0.3 is 15.2 Å². The fourth-order valence-electron chi connectivity index (χ4n) is 2.29. The number of nitrogens with zero attached hydrogens (tertiary/aromatic N) is 4. The molecule has 30 heavy (non-hydrogen) atoms. The van der Waals surface area contributed by atoms with Crippen molar-refractivity contribution in [2.24, 2.45) is 5.73 Å². The number of urea groups is 1. The van der Waals surface area contributed by atoms with Crippen LogP contribution in [0.15, 0.2) is 30.3 Å². The molecule has 3 N–H and O–H groups in total. The van der Waals surface area contributed by atoms with Crippen LogP contribution in [0.3, 0.4) is 0 Å². The van der Waals surface area contributed by atoms with Crippen molar-refractivity contribution in [2.45, 2.75) is 0 Å². The number of anilines is 2. The lowest BCUT2D eigenvalue weighted by molar-refractivity contribution is -0.0756. The minimum atomic E-state index is -4.71. The van der Waals surface area contributed by atoms with E-state index in [1.807, 2.05) is 0 Å². The predicted molar refractivity (Wildman–Crippen MR) is 104 cm³/mol. The molecule has 0 fully saturated rings. The second-order valence-electron chi connectivity index (χ2n) is 5.49. The quantitative estimate of drug-likeness (QED) is 0.544. The van der Waals surface area contributed by atoms with Gasteiger partial charge in [0, 0.05) is 7.05 Å². The number of methoxy groups -OCH3 is 2. The van der Waals surface area contributed by atoms with Crippen molar-refractivity contribution in [3.05, 3.63) is 35.9 Å². The van der Waals surface area contributed by atoms with Gasteiger partial charge in [-0.05, 0) is 12.1 Å². The molecule has 0 aliphatic rings. The Morgan fingerprint density at radius 3 is 2.13 bits per heavy atom. The maximum Gasteiger partial charge on any atom is 0.334 e. The predicted octanol–water partition coefficient (Wildman–Crippen LogP) is 0.178. The third-order valence-corrected chi connectivity index (χ3v) is 4.95. The summed E-state index contributed by atoms with van der Waals surface area (Å²) >= 11 is 0. The maximum atomic E-state index is 13.0. The van der Waals surface area contributed by atoms with Gasteiger partial charge in [0.1, 0.15) is 0 Å². The van der Waals surface area contributed by atoms with Crippen molar-refractivity contribution in [3.63, 3.8) is 0 Å². The number of rotatable bonds is 8. The number of hydroxylamine groups is 2. The zero-order valence-corrected chi connectivity index (χ0v) is 17.3. The standard InChI is InChI=1S/C16H20N6O7S/c1-21(29-4)14(23)10-7-5-6-8-11(10)22(30(25,26)20-15(17)24)16-18-12(27-2)9-13(19-16)28-3/h5-9H,1-4H3,(H3,17,20,24). The Kier molecular flexibility index (Phi) is 6.97. The highest BCUT2D eigenvalue weighted by Crippen LogP contribution is 2.32. The number of nitrogens with one attached hydrogen (secondary N) is 1. The molecular formula is C16H20N6O7S. The first-order chi connectivity index (χ1) is 14.1. The van der Waals surface area contributed by atoms with Crippen LogP contribution in [0.25, 0.3) is 0 Å². The molecule has 1 aromatic carbocycles. The number of carbonyl (C=O) groups excluding carboxylic acids is 2. The van der Waals surface area contributed by atoms with Crippen LogP contribution < -0.4 is 24.2 Å². The van der Waals surface area contributed by atoms with Crippen molar-refractivity contribution in [3.8, 4) is 11.8 Å². The van der Waals surface area contributed by atoms with Gasteiger partial charge in [-0.25, -0.2) is 14.6 Å². The third kappa shape index (κ3) is 4.84. The molecular weight excluding hydrogens is 420 g/mol. The second-order valence-corrected chi connectivity index (χ2v) is 7.01. The van der Waals surface area contributed by atoms with Crippen LogP contribution in [-0.4, -0.2) is 63.8 Å². The van der Waals surface area contributed by atoms with Gasteiger partial charge in [0.25, 0.3) is 11.9 Å². The van der Waals surface area contributed by atoms with E-state index in [0.717, 1.165) is 5.06 Å². The van der Waals surface area contributed by atoms with E-state index < -0.39 is 28.1 Å². The molecule has 13 nitrogen and oxygen atoms in total. The fraction of sp³-hybridized carbons (Fsp3) is 0.250. The minimum absolute atomic E-state index is 0.0334. The Morgan fingerprint density at radius 2 is 1.63 bits per heavy atom. The summed E-state index contributed by atoms with van der Waals surface area (Å²) < 4.78 is 38.2. The molecule has 0 bridgehead atoms. The average Bonchev–Trinajstić information content (AvgIpc) is 2.71. The largest absolute Gasteiger partial charge is 0.481 e. The zero-order valence-electron chi connectivity index (χ0n) is 16.5. The molecule has 2 aromatic rings. The summed E-state index contributed by atoms with van der Waals surface area (Å²) in [5.41, 5.74) is 4.73. The number of nitrogens with two attached hydrogens (primary N) is 1. The summed E-state index contributed by atoms with van der Waals surface area (Å²) in [6, 6.07) is 5.62. The first kappa shape index (κ1) is 22.6. The van der Waals surface area contributed by atoms with E-state index in [1.165, 1.54) is 58.7 Å². The topological polar surface area (TPSA) is 166 Å². The summed E-state index contributed by atoms with van der Waals surface area (Å²) in [6.45, 7) is 0. The Hall–Kier alpha value is -3.65. The normalized spacial score (nSPS) is 10.8. The van der Waals surface area contributed by atoms with Crippen LogP contribution in [0, 0.1) is 0 Å². The first-order valence-corrected chi connectivity index (χ1v) is 9.59. The molecule has 1 aromatic heterocycles. The third-order valence-electron chi connectivity index (χ3n) is 3.65. The average molecular weight is 440 g/mol. The highest BCUT2D eigenvalue weighted by Gasteiger charge is 2.33. The lowest BCUT2D eigenvalue weighted by Gasteiger charge is -2.25. The molecule has 0 aliphatic heterocycles. The van der Waals surface area contributed by atoms with Gasteiger partial charge in [-0.3, -0.25) is 9.63 Å². The van der Waals surface area contributed by atoms with Crippen LogP contribution in [0.5, 0.6) is 11.8 Å². The molecule has 0 unspecified atom stereocenters. The molecule has 0 saturated carbocycles. The van der Waals surface area contributed by atoms with E-state index in [0.29, 0.717) is 4.31 Å². The number of hydrogen-bond acceptors (Lipinski definition) is 9. The summed E-state index contributed by atoms with van der Waals surface area (Å²) in [5.74, 6) is -1.22. The molecule has 2 rings (SSSR count). The van der Waals surface area contributed by atoms with Gasteiger partial charge in [0.15, 0.2) is 0 Å². The lowest BCUT2D eigenvalue weighted by Crippen LogP contribution is -2.45. The summed E-state index contributed by atoms with van der Waals surface area (Å²) in [6.07, 6.45) is 0. The van der Waals surface area contributed by atoms with Crippen molar-refractivity contribution in [1.82, 2.24) is 19.8 Å². The monoisotopic (exact) mass is 440 g/mol. The van der Waals surface area contributed by atoms with E-state index in [2.05, 4.69) is 9.97 Å². The van der Waals surface area contributed by atoms with Gasteiger partial charge in [-0.2, -0.15) is 22.7 Å². The summed E-state index contributed by atoms with van der Waals surface area (Å²) in [5, 5.41) is 0.887. The van der Waals surface area contributed by atoms with Crippen LogP contribution in [0.1, 0.15) is 10.4 Å². The zero-order chi connectivity index (χ0) is 22.5. The van der Waals surface area contributed by atoms with Crippen LogP contribution >= 0.6 is 0 Å². The molecule has 162 valence electrons. The Morgan fingerprint density at radius 1 is 1.07 bits per heavy atom. The smallest absolute Gasteiger partial charge is 0.334 e. The van der Waals surface area contributed by atoms with E-state index >= 15 is 0 Å². The van der Waals surface area contributed by atoms with Crippen molar-refractivity contribution in [2.75, 3.05) is 32.7 Å². The van der Waals surface area contributed by atoms with Gasteiger partial charge >= 0.3 is 16.2 Å².